The third-order valence-corrected chi connectivity index (χ3v) is 3.28. The Morgan fingerprint density at radius 3 is 2.56 bits per heavy atom. The van der Waals surface area contributed by atoms with Gasteiger partial charge in [0.05, 0.1) is 0 Å². The average molecular weight is 260 g/mol. The van der Waals surface area contributed by atoms with Crippen LogP contribution >= 0.6 is 0 Å². The highest BCUT2D eigenvalue weighted by molar-refractivity contribution is 5.38. The quantitative estimate of drug-likeness (QED) is 0.834. The fourth-order valence-electron chi connectivity index (χ4n) is 1.95. The minimum absolute atomic E-state index is 0.0165. The van der Waals surface area contributed by atoms with Gasteiger partial charge < -0.3 is 10.6 Å². The number of hydrogen-bond acceptors (Lipinski definition) is 4. The van der Waals surface area contributed by atoms with Crippen LogP contribution in [-0.2, 0) is 6.18 Å². The van der Waals surface area contributed by atoms with Crippen molar-refractivity contribution >= 4 is 5.82 Å². The molecule has 0 bridgehead atoms. The van der Waals surface area contributed by atoms with E-state index in [0.717, 1.165) is 19.0 Å². The highest BCUT2D eigenvalue weighted by atomic mass is 19.4. The lowest BCUT2D eigenvalue weighted by molar-refractivity contribution is -0.141. The van der Waals surface area contributed by atoms with Gasteiger partial charge in [-0.1, -0.05) is 6.92 Å². The van der Waals surface area contributed by atoms with E-state index in [9.17, 15) is 13.2 Å². The molecule has 0 radical (unpaired) electrons. The zero-order chi connectivity index (χ0) is 13.3. The number of rotatable bonds is 1. The van der Waals surface area contributed by atoms with Crippen molar-refractivity contribution in [3.8, 4) is 0 Å². The molecule has 0 saturated carbocycles. The molecule has 1 saturated heterocycles. The Balaban J connectivity index is 2.11. The van der Waals surface area contributed by atoms with Crippen LogP contribution in [0.5, 0.6) is 0 Å². The first-order valence-corrected chi connectivity index (χ1v) is 5.79. The summed E-state index contributed by atoms with van der Waals surface area (Å²) < 4.78 is 37.0. The molecule has 0 aromatic carbocycles. The molecule has 2 heterocycles. The van der Waals surface area contributed by atoms with Crippen LogP contribution < -0.4 is 10.6 Å². The molecule has 2 rings (SSSR count). The van der Waals surface area contributed by atoms with E-state index in [1.165, 1.54) is 6.07 Å². The Kier molecular flexibility index (Phi) is 3.43. The largest absolute Gasteiger partial charge is 0.435 e. The standard InChI is InChI=1S/C11H15F3N4/c1-7-4-5-18(6-8(7)15)10-3-2-9(16-17-10)11(12,13)14/h2-3,7-8H,4-6,15H2,1H3. The second kappa shape index (κ2) is 4.72. The number of piperidine rings is 1. The molecule has 1 aliphatic rings. The molecular formula is C11H15F3N4. The van der Waals surface area contributed by atoms with Gasteiger partial charge in [-0.2, -0.15) is 13.2 Å². The maximum absolute atomic E-state index is 12.3. The molecule has 1 aromatic rings. The maximum atomic E-state index is 12.3. The van der Waals surface area contributed by atoms with Gasteiger partial charge in [0.2, 0.25) is 0 Å². The summed E-state index contributed by atoms with van der Waals surface area (Å²) in [5.41, 5.74) is 4.96. The number of alkyl halides is 3. The average Bonchev–Trinajstić information content (AvgIpc) is 2.32. The molecule has 0 aliphatic carbocycles. The predicted octanol–water partition coefficient (Wildman–Crippen LogP) is 1.67. The first kappa shape index (κ1) is 13.1. The van der Waals surface area contributed by atoms with Crippen molar-refractivity contribution in [3.05, 3.63) is 17.8 Å². The fraction of sp³-hybridized carbons (Fsp3) is 0.636. The number of aromatic nitrogens is 2. The summed E-state index contributed by atoms with van der Waals surface area (Å²) >= 11 is 0. The van der Waals surface area contributed by atoms with E-state index in [1.54, 1.807) is 0 Å². The zero-order valence-corrected chi connectivity index (χ0v) is 9.98. The number of anilines is 1. The Labute approximate surface area is 103 Å². The van der Waals surface area contributed by atoms with Crippen molar-refractivity contribution in [3.63, 3.8) is 0 Å². The van der Waals surface area contributed by atoms with E-state index in [-0.39, 0.29) is 6.04 Å². The Morgan fingerprint density at radius 1 is 1.33 bits per heavy atom. The van der Waals surface area contributed by atoms with Crippen molar-refractivity contribution in [1.29, 1.82) is 0 Å². The Bertz CT molecular complexity index is 404. The van der Waals surface area contributed by atoms with Crippen LogP contribution in [0.2, 0.25) is 0 Å². The molecule has 4 nitrogen and oxygen atoms in total. The third kappa shape index (κ3) is 2.72. The van der Waals surface area contributed by atoms with Gasteiger partial charge in [-0.05, 0) is 24.5 Å². The normalized spacial score (nSPS) is 25.3. The topological polar surface area (TPSA) is 55.0 Å². The number of hydrogen-bond donors (Lipinski definition) is 1. The van der Waals surface area contributed by atoms with Crippen molar-refractivity contribution in [2.45, 2.75) is 25.6 Å². The second-order valence-corrected chi connectivity index (χ2v) is 4.65. The molecule has 2 atom stereocenters. The summed E-state index contributed by atoms with van der Waals surface area (Å²) in [5, 5.41) is 6.84. The lowest BCUT2D eigenvalue weighted by Gasteiger charge is -2.35. The fourth-order valence-corrected chi connectivity index (χ4v) is 1.95. The summed E-state index contributed by atoms with van der Waals surface area (Å²) in [5.74, 6) is 0.869. The monoisotopic (exact) mass is 260 g/mol. The summed E-state index contributed by atoms with van der Waals surface area (Å²) in [4.78, 5) is 1.87. The van der Waals surface area contributed by atoms with E-state index in [2.05, 4.69) is 17.1 Å². The van der Waals surface area contributed by atoms with Crippen molar-refractivity contribution < 1.29 is 13.2 Å². The molecule has 1 aliphatic heterocycles. The Hall–Kier alpha value is -1.37. The van der Waals surface area contributed by atoms with Crippen molar-refractivity contribution in [2.75, 3.05) is 18.0 Å². The number of nitrogens with zero attached hydrogens (tertiary/aromatic N) is 3. The van der Waals surface area contributed by atoms with Crippen LogP contribution in [0.3, 0.4) is 0 Å². The molecule has 18 heavy (non-hydrogen) atoms. The lowest BCUT2D eigenvalue weighted by atomic mass is 9.94. The summed E-state index contributed by atoms with van der Waals surface area (Å²) in [6.07, 6.45) is -3.54. The van der Waals surface area contributed by atoms with Crippen LogP contribution in [0.4, 0.5) is 19.0 Å². The van der Waals surface area contributed by atoms with Crippen LogP contribution in [0.15, 0.2) is 12.1 Å². The summed E-state index contributed by atoms with van der Waals surface area (Å²) in [6, 6.07) is 2.31. The van der Waals surface area contributed by atoms with Crippen molar-refractivity contribution in [2.24, 2.45) is 11.7 Å². The summed E-state index contributed by atoms with van der Waals surface area (Å²) in [7, 11) is 0. The molecule has 100 valence electrons. The van der Waals surface area contributed by atoms with Gasteiger partial charge in [-0.25, -0.2) is 0 Å². The van der Waals surface area contributed by atoms with Gasteiger partial charge in [0.25, 0.3) is 0 Å². The zero-order valence-electron chi connectivity index (χ0n) is 9.98. The van der Waals surface area contributed by atoms with Gasteiger partial charge in [-0.3, -0.25) is 0 Å². The molecule has 0 spiro atoms. The van der Waals surface area contributed by atoms with E-state index in [0.29, 0.717) is 18.3 Å². The molecular weight excluding hydrogens is 245 g/mol. The van der Waals surface area contributed by atoms with Gasteiger partial charge in [-0.15, -0.1) is 10.2 Å². The second-order valence-electron chi connectivity index (χ2n) is 4.65. The first-order chi connectivity index (χ1) is 8.38. The van der Waals surface area contributed by atoms with Crippen LogP contribution in [0.25, 0.3) is 0 Å². The minimum Gasteiger partial charge on any atom is -0.354 e. The highest BCUT2D eigenvalue weighted by Gasteiger charge is 2.33. The van der Waals surface area contributed by atoms with Gasteiger partial charge >= 0.3 is 6.18 Å². The SMILES string of the molecule is CC1CCN(c2ccc(C(F)(F)F)nn2)CC1N. The smallest absolute Gasteiger partial charge is 0.354 e. The minimum atomic E-state index is -4.45. The first-order valence-electron chi connectivity index (χ1n) is 5.79. The van der Waals surface area contributed by atoms with E-state index >= 15 is 0 Å². The molecule has 2 unspecified atom stereocenters. The summed E-state index contributed by atoms with van der Waals surface area (Å²) in [6.45, 7) is 3.41. The maximum Gasteiger partial charge on any atom is 0.435 e. The third-order valence-electron chi connectivity index (χ3n) is 3.28. The molecule has 1 fully saturated rings. The van der Waals surface area contributed by atoms with Gasteiger partial charge in [0.15, 0.2) is 11.5 Å². The molecule has 1 aromatic heterocycles. The Morgan fingerprint density at radius 2 is 2.06 bits per heavy atom. The van der Waals surface area contributed by atoms with Crippen molar-refractivity contribution in [1.82, 2.24) is 10.2 Å². The van der Waals surface area contributed by atoms with Gasteiger partial charge in [0, 0.05) is 19.1 Å². The number of halogens is 3. The highest BCUT2D eigenvalue weighted by Crippen LogP contribution is 2.28. The van der Waals surface area contributed by atoms with E-state index < -0.39 is 11.9 Å². The lowest BCUT2D eigenvalue weighted by Crippen LogP contribution is -2.48. The van der Waals surface area contributed by atoms with E-state index in [1.807, 2.05) is 4.90 Å². The molecule has 7 heteroatoms. The van der Waals surface area contributed by atoms with Crippen LogP contribution in [0.1, 0.15) is 19.0 Å². The molecule has 2 N–H and O–H groups in total. The predicted molar refractivity (Wildman–Crippen MR) is 61.0 cm³/mol. The van der Waals surface area contributed by atoms with Crippen LogP contribution in [0, 0.1) is 5.92 Å². The van der Waals surface area contributed by atoms with Crippen LogP contribution in [-0.4, -0.2) is 29.3 Å². The van der Waals surface area contributed by atoms with Gasteiger partial charge in [0.1, 0.15) is 0 Å². The van der Waals surface area contributed by atoms with E-state index in [4.69, 9.17) is 5.73 Å². The number of nitrogens with two attached hydrogens (primary N) is 1. The molecule has 0 amide bonds.